The smallest absolute Gasteiger partial charge is 0.326 e. The maximum absolute atomic E-state index is 12.4. The van der Waals surface area contributed by atoms with Gasteiger partial charge in [0.1, 0.15) is 0 Å². The van der Waals surface area contributed by atoms with Crippen LogP contribution in [0.5, 0.6) is 0 Å². The van der Waals surface area contributed by atoms with Gasteiger partial charge in [0.05, 0.1) is 12.8 Å². The van der Waals surface area contributed by atoms with Crippen LogP contribution in [0.4, 0.5) is 11.4 Å². The number of aromatic amines is 2. The molecular weight excluding hydrogens is 516 g/mol. The maximum Gasteiger partial charge on any atom is 0.328 e. The minimum absolute atomic E-state index is 0.125. The number of rotatable bonds is 8. The van der Waals surface area contributed by atoms with E-state index >= 15 is 0 Å². The van der Waals surface area contributed by atoms with Crippen LogP contribution in [0.1, 0.15) is 22.5 Å². The Bertz CT molecular complexity index is 1690. The number of carbonyl (C=O) groups excluding carboxylic acids is 2. The minimum atomic E-state index is -0.582. The Hall–Kier alpha value is -5.52. The number of aromatic nitrogens is 4. The number of anilines is 2. The van der Waals surface area contributed by atoms with Crippen LogP contribution in [-0.4, -0.2) is 30.9 Å². The van der Waals surface area contributed by atoms with Gasteiger partial charge in [0, 0.05) is 49.0 Å². The maximum atomic E-state index is 12.4. The van der Waals surface area contributed by atoms with E-state index in [-0.39, 0.29) is 24.7 Å². The van der Waals surface area contributed by atoms with Crippen LogP contribution in [0, 0.1) is 0 Å². The first kappa shape index (κ1) is 27.5. The van der Waals surface area contributed by atoms with E-state index in [0.29, 0.717) is 22.8 Å². The average Bonchev–Trinajstić information content (AvgIpc) is 2.90. The molecule has 4 N–H and O–H groups in total. The van der Waals surface area contributed by atoms with Crippen molar-refractivity contribution in [1.82, 2.24) is 19.1 Å². The lowest BCUT2D eigenvalue weighted by Crippen LogP contribution is -2.31. The fourth-order valence-electron chi connectivity index (χ4n) is 3.83. The monoisotopic (exact) mass is 542 g/mol. The molecule has 40 heavy (non-hydrogen) atoms. The molecule has 0 bridgehead atoms. The van der Waals surface area contributed by atoms with Gasteiger partial charge in [-0.05, 0) is 35.4 Å². The van der Waals surface area contributed by atoms with Crippen LogP contribution in [0.25, 0.3) is 12.2 Å². The highest BCUT2D eigenvalue weighted by Gasteiger charge is 2.10. The highest BCUT2D eigenvalue weighted by molar-refractivity contribution is 5.93. The highest BCUT2D eigenvalue weighted by atomic mass is 16.2. The molecular formula is C28H26N6O6. The molecule has 0 saturated carbocycles. The van der Waals surface area contributed by atoms with Crippen molar-refractivity contribution < 1.29 is 9.59 Å². The molecule has 4 rings (SSSR count). The van der Waals surface area contributed by atoms with E-state index in [1.165, 1.54) is 35.4 Å². The van der Waals surface area contributed by atoms with Gasteiger partial charge < -0.3 is 19.8 Å². The van der Waals surface area contributed by atoms with Crippen molar-refractivity contribution in [1.29, 1.82) is 0 Å². The molecule has 0 aliphatic carbocycles. The van der Waals surface area contributed by atoms with Crippen molar-refractivity contribution in [3.05, 3.63) is 125 Å². The third-order valence-electron chi connectivity index (χ3n) is 6.07. The Balaban J connectivity index is 1.31. The molecule has 4 aromatic rings. The number of benzene rings is 2. The van der Waals surface area contributed by atoms with Crippen LogP contribution < -0.4 is 33.1 Å². The van der Waals surface area contributed by atoms with Gasteiger partial charge in [-0.1, -0.05) is 36.4 Å². The van der Waals surface area contributed by atoms with Gasteiger partial charge in [-0.3, -0.25) is 29.1 Å². The first-order valence-electron chi connectivity index (χ1n) is 12.1. The van der Waals surface area contributed by atoms with Crippen molar-refractivity contribution in [2.45, 2.75) is 12.8 Å². The van der Waals surface area contributed by atoms with E-state index in [0.717, 1.165) is 11.1 Å². The van der Waals surface area contributed by atoms with Gasteiger partial charge in [-0.2, -0.15) is 0 Å². The van der Waals surface area contributed by atoms with Crippen molar-refractivity contribution in [2.75, 3.05) is 10.6 Å². The van der Waals surface area contributed by atoms with Crippen molar-refractivity contribution >= 4 is 35.3 Å². The number of nitrogens with one attached hydrogen (secondary N) is 4. The summed E-state index contributed by atoms with van der Waals surface area (Å²) in [5, 5.41) is 5.49. The molecule has 2 amide bonds. The van der Waals surface area contributed by atoms with E-state index in [2.05, 4.69) is 20.6 Å². The lowest BCUT2D eigenvalue weighted by atomic mass is 10.1. The molecule has 12 nitrogen and oxygen atoms in total. The number of nitrogens with zero attached hydrogens (tertiary/aromatic N) is 2. The number of amides is 2. The SMILES string of the molecule is Cn1c(CC(=O)Nc2ccc(/C=C/c3ccc(NC(=O)Cc4cc(=O)[nH]c(=O)n4C)cc3)cc2)cc(=O)[nH]c1=O. The molecule has 2 aromatic heterocycles. The van der Waals surface area contributed by atoms with E-state index in [9.17, 15) is 28.8 Å². The van der Waals surface area contributed by atoms with Crippen LogP contribution in [0.3, 0.4) is 0 Å². The third kappa shape index (κ3) is 7.07. The average molecular weight is 543 g/mol. The zero-order valence-electron chi connectivity index (χ0n) is 21.7. The summed E-state index contributed by atoms with van der Waals surface area (Å²) >= 11 is 0. The Morgan fingerprint density at radius 2 is 1.00 bits per heavy atom. The Morgan fingerprint density at radius 1 is 0.650 bits per heavy atom. The molecule has 0 radical (unpaired) electrons. The second kappa shape index (κ2) is 11.9. The van der Waals surface area contributed by atoms with E-state index in [1.807, 2.05) is 36.4 Å². The lowest BCUT2D eigenvalue weighted by Gasteiger charge is -2.08. The molecule has 0 atom stereocenters. The molecule has 204 valence electrons. The van der Waals surface area contributed by atoms with Crippen molar-refractivity contribution in [3.63, 3.8) is 0 Å². The highest BCUT2D eigenvalue weighted by Crippen LogP contribution is 2.15. The molecule has 0 spiro atoms. The van der Waals surface area contributed by atoms with Gasteiger partial charge in [-0.25, -0.2) is 9.59 Å². The first-order chi connectivity index (χ1) is 19.1. The fourth-order valence-corrected chi connectivity index (χ4v) is 3.83. The van der Waals surface area contributed by atoms with Gasteiger partial charge >= 0.3 is 11.4 Å². The van der Waals surface area contributed by atoms with Crippen molar-refractivity contribution in [2.24, 2.45) is 14.1 Å². The predicted molar refractivity (Wildman–Crippen MR) is 151 cm³/mol. The van der Waals surface area contributed by atoms with Gasteiger partial charge in [0.25, 0.3) is 11.1 Å². The van der Waals surface area contributed by atoms with E-state index < -0.39 is 22.5 Å². The number of hydrogen-bond donors (Lipinski definition) is 4. The zero-order chi connectivity index (χ0) is 28.8. The van der Waals surface area contributed by atoms with Gasteiger partial charge in [0.15, 0.2) is 0 Å². The summed E-state index contributed by atoms with van der Waals surface area (Å²) in [5.74, 6) is -0.727. The van der Waals surface area contributed by atoms with Crippen LogP contribution >= 0.6 is 0 Å². The lowest BCUT2D eigenvalue weighted by molar-refractivity contribution is -0.116. The molecule has 0 aliphatic rings. The summed E-state index contributed by atoms with van der Waals surface area (Å²) in [4.78, 5) is 75.4. The minimum Gasteiger partial charge on any atom is -0.326 e. The summed E-state index contributed by atoms with van der Waals surface area (Å²) < 4.78 is 2.43. The van der Waals surface area contributed by atoms with Gasteiger partial charge in [0.2, 0.25) is 11.8 Å². The summed E-state index contributed by atoms with van der Waals surface area (Å²) in [7, 11) is 2.96. The topological polar surface area (TPSA) is 168 Å². The van der Waals surface area contributed by atoms with Crippen LogP contribution in [-0.2, 0) is 36.5 Å². The van der Waals surface area contributed by atoms with Crippen molar-refractivity contribution in [3.8, 4) is 0 Å². The van der Waals surface area contributed by atoms with Crippen LogP contribution in [0.15, 0.2) is 79.8 Å². The number of H-pyrrole nitrogens is 2. The zero-order valence-corrected chi connectivity index (χ0v) is 21.7. The summed E-state index contributed by atoms with van der Waals surface area (Å²) in [6.45, 7) is 0. The fraction of sp³-hybridized carbons (Fsp3) is 0.143. The summed E-state index contributed by atoms with van der Waals surface area (Å²) in [6, 6.07) is 16.7. The second-order valence-corrected chi connectivity index (χ2v) is 9.01. The number of carbonyl (C=O) groups is 2. The standard InChI is InChI=1S/C28H26N6O6/c1-33-21(15-25(37)31-27(33)39)13-23(35)29-19-9-5-17(6-10-19)3-4-18-7-11-20(12-8-18)30-24(36)14-22-16-26(38)32-28(40)34(22)2/h3-12,15-16H,13-14H2,1-2H3,(H,29,35)(H,30,36)(H,31,37,39)(H,32,38,40)/b4-3+. The number of hydrogen-bond acceptors (Lipinski definition) is 6. The Kier molecular flexibility index (Phi) is 8.19. The molecule has 2 heterocycles. The predicted octanol–water partition coefficient (Wildman–Crippen LogP) is 0.993. The molecule has 12 heteroatoms. The quantitative estimate of drug-likeness (QED) is 0.242. The Morgan fingerprint density at radius 3 is 1.35 bits per heavy atom. The molecule has 0 aliphatic heterocycles. The molecule has 0 fully saturated rings. The second-order valence-electron chi connectivity index (χ2n) is 9.01. The third-order valence-corrected chi connectivity index (χ3v) is 6.07. The normalized spacial score (nSPS) is 10.9. The van der Waals surface area contributed by atoms with E-state index in [1.54, 1.807) is 24.3 Å². The first-order valence-corrected chi connectivity index (χ1v) is 12.1. The summed E-state index contributed by atoms with van der Waals surface area (Å²) in [5.41, 5.74) is 1.23. The largest absolute Gasteiger partial charge is 0.328 e. The summed E-state index contributed by atoms with van der Waals surface area (Å²) in [6.07, 6.45) is 3.52. The van der Waals surface area contributed by atoms with E-state index in [4.69, 9.17) is 0 Å². The Labute approximate surface area is 226 Å². The van der Waals surface area contributed by atoms with Gasteiger partial charge in [-0.15, -0.1) is 0 Å². The molecule has 0 unspecified atom stereocenters. The molecule has 2 aromatic carbocycles. The van der Waals surface area contributed by atoms with Crippen LogP contribution in [0.2, 0.25) is 0 Å². The molecule has 0 saturated heterocycles.